The second-order valence-electron chi connectivity index (χ2n) is 6.76. The molecule has 0 aliphatic carbocycles. The molecule has 0 aliphatic heterocycles. The predicted octanol–water partition coefficient (Wildman–Crippen LogP) is 2.01. The van der Waals surface area contributed by atoms with E-state index in [2.05, 4.69) is 5.32 Å². The van der Waals surface area contributed by atoms with Crippen molar-refractivity contribution in [3.05, 3.63) is 69.6 Å². The Hall–Kier alpha value is -3.17. The molecule has 158 valence electrons. The molecule has 3 aromatic rings. The van der Waals surface area contributed by atoms with Gasteiger partial charge in [-0.1, -0.05) is 19.1 Å². The van der Waals surface area contributed by atoms with E-state index in [9.17, 15) is 18.0 Å². The normalized spacial score (nSPS) is 11.4. The van der Waals surface area contributed by atoms with Gasteiger partial charge in [-0.3, -0.25) is 4.79 Å². The van der Waals surface area contributed by atoms with Gasteiger partial charge in [-0.25, -0.2) is 18.4 Å². The van der Waals surface area contributed by atoms with Crippen LogP contribution in [0.1, 0.15) is 23.6 Å². The molecular weight excluding hydrogens is 408 g/mol. The molecular formula is C21H22N2O6S. The lowest BCUT2D eigenvalue weighted by atomic mass is 10.0. The summed E-state index contributed by atoms with van der Waals surface area (Å²) >= 11 is 0. The van der Waals surface area contributed by atoms with Gasteiger partial charge in [-0.15, -0.1) is 0 Å². The number of fused-ring (bicyclic) bond motifs is 1. The molecule has 0 aliphatic rings. The van der Waals surface area contributed by atoms with E-state index in [-0.39, 0.29) is 24.0 Å². The maximum absolute atomic E-state index is 12.1. The van der Waals surface area contributed by atoms with Gasteiger partial charge in [0.1, 0.15) is 11.3 Å². The molecule has 3 N–H and O–H groups in total. The number of carbonyl (C=O) groups excluding carboxylic acids is 1. The smallest absolute Gasteiger partial charge is 0.336 e. The van der Waals surface area contributed by atoms with Gasteiger partial charge < -0.3 is 14.5 Å². The number of rotatable bonds is 7. The van der Waals surface area contributed by atoms with Crippen LogP contribution >= 0.6 is 0 Å². The predicted molar refractivity (Wildman–Crippen MR) is 112 cm³/mol. The zero-order valence-electron chi connectivity index (χ0n) is 16.6. The highest BCUT2D eigenvalue weighted by Crippen LogP contribution is 2.28. The fourth-order valence-corrected chi connectivity index (χ4v) is 3.56. The molecule has 0 unspecified atom stereocenters. The minimum absolute atomic E-state index is 0.00516. The van der Waals surface area contributed by atoms with Crippen LogP contribution in [0.3, 0.4) is 0 Å². The van der Waals surface area contributed by atoms with Crippen molar-refractivity contribution >= 4 is 26.9 Å². The summed E-state index contributed by atoms with van der Waals surface area (Å²) in [4.78, 5) is 23.9. The Labute approximate surface area is 173 Å². The second-order valence-corrected chi connectivity index (χ2v) is 8.33. The number of nitrogens with one attached hydrogen (secondary N) is 1. The molecule has 3 rings (SSSR count). The van der Waals surface area contributed by atoms with Gasteiger partial charge in [0, 0.05) is 23.6 Å². The van der Waals surface area contributed by atoms with Gasteiger partial charge in [0.05, 0.1) is 4.90 Å². The molecule has 0 saturated heterocycles. The summed E-state index contributed by atoms with van der Waals surface area (Å²) < 4.78 is 33.5. The minimum atomic E-state index is -3.75. The Bertz CT molecular complexity index is 1250. The van der Waals surface area contributed by atoms with Crippen LogP contribution < -0.4 is 20.8 Å². The maximum Gasteiger partial charge on any atom is 0.336 e. The van der Waals surface area contributed by atoms with E-state index in [1.165, 1.54) is 18.2 Å². The Balaban J connectivity index is 1.64. The van der Waals surface area contributed by atoms with Gasteiger partial charge in [-0.2, -0.15) is 0 Å². The Morgan fingerprint density at radius 3 is 2.50 bits per heavy atom. The highest BCUT2D eigenvalue weighted by atomic mass is 32.2. The number of aryl methyl sites for hydroxylation is 2. The standard InChI is InChI=1S/C21H22N2O6S/c1-3-15-10-20(25)29-21-13(2)18(9-8-17(15)21)28-12-19(24)23-11-14-4-6-16(7-5-14)30(22,26)27/h4-10H,3,11-12H2,1-2H3,(H,23,24)(H2,22,26,27). The second kappa shape index (κ2) is 8.68. The number of nitrogens with two attached hydrogens (primary N) is 1. The quantitative estimate of drug-likeness (QED) is 0.552. The molecule has 1 aromatic heterocycles. The third kappa shape index (κ3) is 4.87. The molecule has 8 nitrogen and oxygen atoms in total. The molecule has 0 atom stereocenters. The molecule has 0 fully saturated rings. The zero-order valence-corrected chi connectivity index (χ0v) is 17.4. The summed E-state index contributed by atoms with van der Waals surface area (Å²) in [7, 11) is -3.75. The average Bonchev–Trinajstić information content (AvgIpc) is 2.71. The van der Waals surface area contributed by atoms with Crippen LogP contribution in [-0.4, -0.2) is 20.9 Å². The van der Waals surface area contributed by atoms with E-state index in [1.54, 1.807) is 25.1 Å². The van der Waals surface area contributed by atoms with Crippen LogP contribution in [0, 0.1) is 6.92 Å². The van der Waals surface area contributed by atoms with Crippen LogP contribution in [0.4, 0.5) is 0 Å². The minimum Gasteiger partial charge on any atom is -0.483 e. The number of carbonyl (C=O) groups is 1. The van der Waals surface area contributed by atoms with E-state index < -0.39 is 15.6 Å². The van der Waals surface area contributed by atoms with Crippen LogP contribution in [0.5, 0.6) is 5.75 Å². The topological polar surface area (TPSA) is 129 Å². The average molecular weight is 430 g/mol. The van der Waals surface area contributed by atoms with Crippen molar-refractivity contribution in [1.82, 2.24) is 5.32 Å². The largest absolute Gasteiger partial charge is 0.483 e. The number of amides is 1. The molecule has 0 bridgehead atoms. The van der Waals surface area contributed by atoms with Crippen molar-refractivity contribution in [3.8, 4) is 5.75 Å². The van der Waals surface area contributed by atoms with Crippen molar-refractivity contribution in [2.24, 2.45) is 5.14 Å². The van der Waals surface area contributed by atoms with Gasteiger partial charge in [0.2, 0.25) is 10.0 Å². The Morgan fingerprint density at radius 1 is 1.17 bits per heavy atom. The molecule has 9 heteroatoms. The SMILES string of the molecule is CCc1cc(=O)oc2c(C)c(OCC(=O)NCc3ccc(S(N)(=O)=O)cc3)ccc12. The van der Waals surface area contributed by atoms with Gasteiger partial charge >= 0.3 is 5.63 Å². The van der Waals surface area contributed by atoms with Gasteiger partial charge in [0.25, 0.3) is 5.91 Å². The molecule has 1 heterocycles. The van der Waals surface area contributed by atoms with Crippen molar-refractivity contribution in [2.75, 3.05) is 6.61 Å². The number of primary sulfonamides is 1. The van der Waals surface area contributed by atoms with Crippen molar-refractivity contribution in [3.63, 3.8) is 0 Å². The summed E-state index contributed by atoms with van der Waals surface area (Å²) in [5.41, 5.74) is 2.28. The maximum atomic E-state index is 12.1. The highest BCUT2D eigenvalue weighted by molar-refractivity contribution is 7.89. The van der Waals surface area contributed by atoms with Gasteiger partial charge in [-0.05, 0) is 48.7 Å². The van der Waals surface area contributed by atoms with Crippen LogP contribution in [0.25, 0.3) is 11.0 Å². The first-order valence-corrected chi connectivity index (χ1v) is 10.8. The Morgan fingerprint density at radius 2 is 1.87 bits per heavy atom. The molecule has 30 heavy (non-hydrogen) atoms. The van der Waals surface area contributed by atoms with E-state index >= 15 is 0 Å². The zero-order chi connectivity index (χ0) is 21.9. The first-order valence-electron chi connectivity index (χ1n) is 9.26. The first-order chi connectivity index (χ1) is 14.2. The molecule has 0 spiro atoms. The number of benzene rings is 2. The fraction of sp³-hybridized carbons (Fsp3) is 0.238. The van der Waals surface area contributed by atoms with Crippen molar-refractivity contribution < 1.29 is 22.4 Å². The van der Waals surface area contributed by atoms with Crippen LogP contribution in [-0.2, 0) is 27.8 Å². The van der Waals surface area contributed by atoms with E-state index in [0.717, 1.165) is 10.9 Å². The summed E-state index contributed by atoms with van der Waals surface area (Å²) in [6.45, 7) is 3.71. The lowest BCUT2D eigenvalue weighted by Gasteiger charge is -2.12. The number of hydrogen-bond acceptors (Lipinski definition) is 6. The first kappa shape index (κ1) is 21.5. The lowest BCUT2D eigenvalue weighted by Crippen LogP contribution is -2.28. The highest BCUT2D eigenvalue weighted by Gasteiger charge is 2.13. The van der Waals surface area contributed by atoms with E-state index in [1.807, 2.05) is 13.0 Å². The summed E-state index contributed by atoms with van der Waals surface area (Å²) in [5, 5.41) is 8.59. The molecule has 0 saturated carbocycles. The third-order valence-electron chi connectivity index (χ3n) is 4.68. The lowest BCUT2D eigenvalue weighted by molar-refractivity contribution is -0.123. The van der Waals surface area contributed by atoms with Gasteiger partial charge in [0.15, 0.2) is 6.61 Å². The molecule has 0 radical (unpaired) electrons. The summed E-state index contributed by atoms with van der Waals surface area (Å²) in [5.74, 6) is 0.0975. The molecule has 2 aromatic carbocycles. The Kier molecular flexibility index (Phi) is 6.23. The van der Waals surface area contributed by atoms with Crippen LogP contribution in [0.2, 0.25) is 0 Å². The fourth-order valence-electron chi connectivity index (χ4n) is 3.05. The number of ether oxygens (including phenoxy) is 1. The monoisotopic (exact) mass is 430 g/mol. The summed E-state index contributed by atoms with van der Waals surface area (Å²) in [6.07, 6.45) is 0.697. The number of sulfonamides is 1. The number of hydrogen-bond donors (Lipinski definition) is 2. The van der Waals surface area contributed by atoms with Crippen molar-refractivity contribution in [1.29, 1.82) is 0 Å². The molecule has 1 amide bonds. The van der Waals surface area contributed by atoms with E-state index in [4.69, 9.17) is 14.3 Å². The van der Waals surface area contributed by atoms with E-state index in [0.29, 0.717) is 28.9 Å². The summed E-state index contributed by atoms with van der Waals surface area (Å²) in [6, 6.07) is 10.9. The van der Waals surface area contributed by atoms with Crippen LogP contribution in [0.15, 0.2) is 56.6 Å². The van der Waals surface area contributed by atoms with Crippen molar-refractivity contribution in [2.45, 2.75) is 31.7 Å². The third-order valence-corrected chi connectivity index (χ3v) is 5.61.